The average molecular weight is 231 g/mol. The van der Waals surface area contributed by atoms with Crippen molar-refractivity contribution in [3.63, 3.8) is 0 Å². The van der Waals surface area contributed by atoms with E-state index in [0.29, 0.717) is 5.69 Å². The second-order valence-electron chi connectivity index (χ2n) is 3.28. The number of para-hydroxylation sites is 1. The zero-order chi connectivity index (χ0) is 12.3. The van der Waals surface area contributed by atoms with Gasteiger partial charge in [-0.05, 0) is 12.1 Å². The molecule has 0 atom stereocenters. The molecule has 2 aromatic rings. The highest BCUT2D eigenvalue weighted by Gasteiger charge is 2.15. The molecule has 0 fully saturated rings. The quantitative estimate of drug-likeness (QED) is 0.709. The van der Waals surface area contributed by atoms with Gasteiger partial charge in [-0.25, -0.2) is 5.10 Å². The lowest BCUT2D eigenvalue weighted by Crippen LogP contribution is -2.23. The van der Waals surface area contributed by atoms with Gasteiger partial charge in [-0.2, -0.15) is 5.10 Å². The number of benzene rings is 1. The maximum Gasteiger partial charge on any atom is 0.280 e. The van der Waals surface area contributed by atoms with E-state index in [2.05, 4.69) is 15.5 Å². The van der Waals surface area contributed by atoms with Crippen LogP contribution in [0.3, 0.4) is 0 Å². The highest BCUT2D eigenvalue weighted by atomic mass is 16.3. The van der Waals surface area contributed by atoms with Crippen LogP contribution in [0.2, 0.25) is 0 Å². The molecule has 6 nitrogen and oxygen atoms in total. The van der Waals surface area contributed by atoms with Crippen molar-refractivity contribution in [3.05, 3.63) is 52.4 Å². The lowest BCUT2D eigenvalue weighted by Gasteiger charge is -2.04. The molecule has 1 amide bonds. The van der Waals surface area contributed by atoms with Crippen molar-refractivity contribution in [3.8, 4) is 5.75 Å². The number of H-pyrrole nitrogens is 1. The number of rotatable bonds is 2. The number of carbonyl (C=O) groups is 1. The summed E-state index contributed by atoms with van der Waals surface area (Å²) in [5.74, 6) is -1.14. The largest absolute Gasteiger partial charge is 0.505 e. The predicted molar refractivity (Wildman–Crippen MR) is 60.9 cm³/mol. The van der Waals surface area contributed by atoms with E-state index in [-0.39, 0.29) is 5.56 Å². The molecule has 0 saturated carbocycles. The first-order valence-electron chi connectivity index (χ1n) is 4.81. The molecule has 0 aliphatic rings. The fraction of sp³-hybridized carbons (Fsp3) is 0. The van der Waals surface area contributed by atoms with Gasteiger partial charge in [0.15, 0.2) is 5.75 Å². The topological polar surface area (TPSA) is 95.1 Å². The van der Waals surface area contributed by atoms with Crippen LogP contribution in [-0.2, 0) is 0 Å². The molecule has 0 saturated heterocycles. The number of aromatic amines is 1. The van der Waals surface area contributed by atoms with E-state index in [1.54, 1.807) is 30.3 Å². The first-order valence-corrected chi connectivity index (χ1v) is 4.81. The first-order chi connectivity index (χ1) is 8.18. The molecule has 0 bridgehead atoms. The van der Waals surface area contributed by atoms with E-state index in [4.69, 9.17) is 0 Å². The summed E-state index contributed by atoms with van der Waals surface area (Å²) in [7, 11) is 0. The third kappa shape index (κ3) is 2.31. The number of aromatic nitrogens is 2. The van der Waals surface area contributed by atoms with Crippen molar-refractivity contribution in [2.75, 3.05) is 5.32 Å². The van der Waals surface area contributed by atoms with Crippen molar-refractivity contribution >= 4 is 11.6 Å². The standard InChI is InChI=1S/C11H9N3O3/c15-8-6-12-14-11(17)9(8)10(16)13-7-4-2-1-3-5-7/h1-6H,(H,13,16)(H2,14,15,17). The number of hydrogen-bond donors (Lipinski definition) is 3. The third-order valence-corrected chi connectivity index (χ3v) is 2.09. The minimum atomic E-state index is -0.738. The van der Waals surface area contributed by atoms with Crippen LogP contribution in [-0.4, -0.2) is 21.2 Å². The molecule has 0 radical (unpaired) electrons. The number of amides is 1. The van der Waals surface area contributed by atoms with Crippen molar-refractivity contribution in [2.45, 2.75) is 0 Å². The Morgan fingerprint density at radius 2 is 2.00 bits per heavy atom. The van der Waals surface area contributed by atoms with Gasteiger partial charge >= 0.3 is 0 Å². The van der Waals surface area contributed by atoms with Crippen LogP contribution in [0.25, 0.3) is 0 Å². The van der Waals surface area contributed by atoms with Crippen molar-refractivity contribution in [1.29, 1.82) is 0 Å². The molecule has 0 unspecified atom stereocenters. The summed E-state index contributed by atoms with van der Waals surface area (Å²) in [5, 5.41) is 17.3. The van der Waals surface area contributed by atoms with Crippen LogP contribution in [0.1, 0.15) is 10.4 Å². The van der Waals surface area contributed by atoms with Crippen LogP contribution in [0.5, 0.6) is 5.75 Å². The van der Waals surface area contributed by atoms with Crippen LogP contribution < -0.4 is 10.9 Å². The molecule has 6 heteroatoms. The van der Waals surface area contributed by atoms with Crippen LogP contribution >= 0.6 is 0 Å². The predicted octanol–water partition coefficient (Wildman–Crippen LogP) is 0.728. The molecule has 0 aliphatic carbocycles. The van der Waals surface area contributed by atoms with Gasteiger partial charge in [0.25, 0.3) is 11.5 Å². The average Bonchev–Trinajstić information content (AvgIpc) is 2.30. The van der Waals surface area contributed by atoms with E-state index in [1.807, 2.05) is 0 Å². The van der Waals surface area contributed by atoms with E-state index in [1.165, 1.54) is 0 Å². The summed E-state index contributed by atoms with van der Waals surface area (Å²) in [6, 6.07) is 8.62. The van der Waals surface area contributed by atoms with Crippen molar-refractivity contribution in [1.82, 2.24) is 10.2 Å². The highest BCUT2D eigenvalue weighted by Crippen LogP contribution is 2.12. The van der Waals surface area contributed by atoms with Crippen molar-refractivity contribution < 1.29 is 9.90 Å². The first kappa shape index (κ1) is 10.9. The smallest absolute Gasteiger partial charge is 0.280 e. The minimum absolute atomic E-state index is 0.358. The molecule has 17 heavy (non-hydrogen) atoms. The Morgan fingerprint density at radius 3 is 2.65 bits per heavy atom. The fourth-order valence-corrected chi connectivity index (χ4v) is 1.32. The van der Waals surface area contributed by atoms with E-state index in [0.717, 1.165) is 6.20 Å². The molecule has 0 spiro atoms. The number of anilines is 1. The summed E-state index contributed by atoms with van der Waals surface area (Å²) in [4.78, 5) is 23.1. The Bertz CT molecular complexity index is 592. The summed E-state index contributed by atoms with van der Waals surface area (Å²) in [6.07, 6.45) is 1.00. The van der Waals surface area contributed by atoms with Gasteiger partial charge in [0, 0.05) is 5.69 Å². The molecule has 2 rings (SSSR count). The van der Waals surface area contributed by atoms with Gasteiger partial charge < -0.3 is 10.4 Å². The van der Waals surface area contributed by atoms with Gasteiger partial charge in [0.1, 0.15) is 5.56 Å². The molecule has 1 aromatic carbocycles. The number of nitrogens with zero attached hydrogens (tertiary/aromatic N) is 1. The lowest BCUT2D eigenvalue weighted by atomic mass is 10.2. The van der Waals surface area contributed by atoms with Gasteiger partial charge in [0.2, 0.25) is 0 Å². The lowest BCUT2D eigenvalue weighted by molar-refractivity contribution is 0.102. The molecular formula is C11H9N3O3. The Labute approximate surface area is 95.9 Å². The molecule has 1 heterocycles. The Morgan fingerprint density at radius 1 is 1.29 bits per heavy atom. The number of carbonyl (C=O) groups excluding carboxylic acids is 1. The minimum Gasteiger partial charge on any atom is -0.505 e. The summed E-state index contributed by atoms with van der Waals surface area (Å²) < 4.78 is 0. The van der Waals surface area contributed by atoms with E-state index >= 15 is 0 Å². The summed E-state index contributed by atoms with van der Waals surface area (Å²) in [6.45, 7) is 0. The van der Waals surface area contributed by atoms with Crippen LogP contribution in [0.15, 0.2) is 41.3 Å². The molecular weight excluding hydrogens is 222 g/mol. The molecule has 3 N–H and O–H groups in total. The van der Waals surface area contributed by atoms with E-state index < -0.39 is 17.2 Å². The van der Waals surface area contributed by atoms with Crippen LogP contribution in [0.4, 0.5) is 5.69 Å². The second kappa shape index (κ2) is 4.48. The second-order valence-corrected chi connectivity index (χ2v) is 3.28. The number of hydrogen-bond acceptors (Lipinski definition) is 4. The van der Waals surface area contributed by atoms with Crippen molar-refractivity contribution in [2.24, 2.45) is 0 Å². The Balaban J connectivity index is 2.30. The zero-order valence-corrected chi connectivity index (χ0v) is 8.68. The van der Waals surface area contributed by atoms with E-state index in [9.17, 15) is 14.7 Å². The van der Waals surface area contributed by atoms with Gasteiger partial charge in [-0.15, -0.1) is 0 Å². The molecule has 86 valence electrons. The Kier molecular flexibility index (Phi) is 2.87. The summed E-state index contributed by atoms with van der Waals surface area (Å²) in [5.41, 5.74) is -0.560. The maximum absolute atomic E-state index is 11.7. The SMILES string of the molecule is O=C(Nc1ccccc1)c1c(O)cn[nH]c1=O. The number of nitrogens with one attached hydrogen (secondary N) is 2. The third-order valence-electron chi connectivity index (χ3n) is 2.09. The highest BCUT2D eigenvalue weighted by molar-refractivity contribution is 6.05. The van der Waals surface area contributed by atoms with Crippen LogP contribution in [0, 0.1) is 0 Å². The number of aromatic hydroxyl groups is 1. The van der Waals surface area contributed by atoms with Gasteiger partial charge in [0.05, 0.1) is 6.20 Å². The zero-order valence-electron chi connectivity index (χ0n) is 8.68. The Hall–Kier alpha value is -2.63. The van der Waals surface area contributed by atoms with Gasteiger partial charge in [-0.1, -0.05) is 18.2 Å². The maximum atomic E-state index is 11.7. The molecule has 0 aliphatic heterocycles. The normalized spacial score (nSPS) is 9.88. The monoisotopic (exact) mass is 231 g/mol. The summed E-state index contributed by atoms with van der Waals surface area (Å²) >= 11 is 0. The fourth-order valence-electron chi connectivity index (χ4n) is 1.32. The molecule has 1 aromatic heterocycles. The van der Waals surface area contributed by atoms with Gasteiger partial charge in [-0.3, -0.25) is 9.59 Å².